The lowest BCUT2D eigenvalue weighted by Gasteiger charge is -2.11. The van der Waals surface area contributed by atoms with Gasteiger partial charge in [-0.1, -0.05) is 40.0 Å². The van der Waals surface area contributed by atoms with Crippen molar-refractivity contribution < 1.29 is 9.78 Å². The Balaban J connectivity index is 3.05. The van der Waals surface area contributed by atoms with Crippen LogP contribution in [0.1, 0.15) is 59.3 Å². The van der Waals surface area contributed by atoms with Gasteiger partial charge in [-0.15, -0.1) is 0 Å². The minimum atomic E-state index is 0.283. The van der Waals surface area contributed by atoms with Crippen LogP contribution >= 0.6 is 0 Å². The van der Waals surface area contributed by atoms with E-state index in [-0.39, 0.29) is 6.10 Å². The predicted molar refractivity (Wildman–Crippen MR) is 55.5 cm³/mol. The van der Waals surface area contributed by atoms with Crippen LogP contribution in [0.15, 0.2) is 0 Å². The predicted octanol–water partition coefficient (Wildman–Crippen LogP) is 3.70. The fourth-order valence-corrected chi connectivity index (χ4v) is 1.16. The molecule has 13 heavy (non-hydrogen) atoms. The number of unbranched alkanes of at least 4 members (excludes halogenated alkanes) is 3. The van der Waals surface area contributed by atoms with E-state index in [0.29, 0.717) is 0 Å². The fourth-order valence-electron chi connectivity index (χ4n) is 1.16. The highest BCUT2D eigenvalue weighted by Crippen LogP contribution is 2.04. The van der Waals surface area contributed by atoms with Gasteiger partial charge in [0.25, 0.3) is 0 Å². The third kappa shape index (κ3) is 8.26. The van der Waals surface area contributed by atoms with E-state index in [4.69, 9.17) is 9.78 Å². The number of rotatable bonds is 9. The summed E-state index contributed by atoms with van der Waals surface area (Å²) < 4.78 is 0. The van der Waals surface area contributed by atoms with Crippen LogP contribution in [0.4, 0.5) is 0 Å². The molecule has 0 unspecified atom stereocenters. The molecule has 0 atom stereocenters. The van der Waals surface area contributed by atoms with Crippen LogP contribution in [0.3, 0.4) is 0 Å². The van der Waals surface area contributed by atoms with Crippen LogP contribution in [-0.4, -0.2) is 12.7 Å². The molecule has 2 nitrogen and oxygen atoms in total. The zero-order chi connectivity index (χ0) is 9.94. The van der Waals surface area contributed by atoms with Gasteiger partial charge in [-0.3, -0.25) is 0 Å². The minimum absolute atomic E-state index is 0.283. The van der Waals surface area contributed by atoms with E-state index in [2.05, 4.69) is 20.8 Å². The van der Waals surface area contributed by atoms with Crippen molar-refractivity contribution in [3.63, 3.8) is 0 Å². The van der Waals surface area contributed by atoms with Crippen molar-refractivity contribution in [1.82, 2.24) is 0 Å². The van der Waals surface area contributed by atoms with Crippen molar-refractivity contribution >= 4 is 0 Å². The van der Waals surface area contributed by atoms with Crippen molar-refractivity contribution in [2.24, 2.45) is 0 Å². The van der Waals surface area contributed by atoms with E-state index in [1.54, 1.807) is 0 Å². The standard InChI is InChI=1S/C11H24O2/c1-4-7-8-9-10-12-13-11(5-2)6-3/h11H,4-10H2,1-3H3. The highest BCUT2D eigenvalue weighted by Gasteiger charge is 2.03. The van der Waals surface area contributed by atoms with Crippen molar-refractivity contribution in [3.8, 4) is 0 Å². The van der Waals surface area contributed by atoms with E-state index >= 15 is 0 Å². The fraction of sp³-hybridized carbons (Fsp3) is 1.00. The van der Waals surface area contributed by atoms with Crippen LogP contribution < -0.4 is 0 Å². The van der Waals surface area contributed by atoms with Gasteiger partial charge in [0.15, 0.2) is 0 Å². The maximum atomic E-state index is 5.22. The molecule has 2 heteroatoms. The summed E-state index contributed by atoms with van der Waals surface area (Å²) >= 11 is 0. The molecular weight excluding hydrogens is 164 g/mol. The van der Waals surface area contributed by atoms with E-state index in [1.807, 2.05) is 0 Å². The molecule has 0 radical (unpaired) electrons. The maximum absolute atomic E-state index is 5.22. The van der Waals surface area contributed by atoms with Crippen LogP contribution in [0.2, 0.25) is 0 Å². The first-order valence-electron chi connectivity index (χ1n) is 5.63. The lowest BCUT2D eigenvalue weighted by Crippen LogP contribution is -2.11. The van der Waals surface area contributed by atoms with Crippen molar-refractivity contribution in [1.29, 1.82) is 0 Å². The van der Waals surface area contributed by atoms with E-state index in [1.165, 1.54) is 19.3 Å². The monoisotopic (exact) mass is 188 g/mol. The van der Waals surface area contributed by atoms with Crippen LogP contribution in [0, 0.1) is 0 Å². The summed E-state index contributed by atoms with van der Waals surface area (Å²) in [6, 6.07) is 0. The Morgan fingerprint density at radius 1 is 0.923 bits per heavy atom. The lowest BCUT2D eigenvalue weighted by atomic mass is 10.2. The zero-order valence-electron chi connectivity index (χ0n) is 9.34. The zero-order valence-corrected chi connectivity index (χ0v) is 9.34. The van der Waals surface area contributed by atoms with Crippen LogP contribution in [0.25, 0.3) is 0 Å². The highest BCUT2D eigenvalue weighted by atomic mass is 17.2. The van der Waals surface area contributed by atoms with E-state index < -0.39 is 0 Å². The summed E-state index contributed by atoms with van der Waals surface area (Å²) in [7, 11) is 0. The second-order valence-electron chi connectivity index (χ2n) is 3.42. The lowest BCUT2D eigenvalue weighted by molar-refractivity contribution is -0.325. The third-order valence-electron chi connectivity index (χ3n) is 2.20. The molecule has 0 saturated carbocycles. The van der Waals surface area contributed by atoms with Gasteiger partial charge in [0.05, 0.1) is 12.7 Å². The first kappa shape index (κ1) is 12.9. The van der Waals surface area contributed by atoms with Crippen LogP contribution in [-0.2, 0) is 9.78 Å². The SMILES string of the molecule is CCCCCCOOC(CC)CC. The van der Waals surface area contributed by atoms with E-state index in [9.17, 15) is 0 Å². The minimum Gasteiger partial charge on any atom is -0.236 e. The average Bonchev–Trinajstić information content (AvgIpc) is 2.17. The molecule has 0 bridgehead atoms. The third-order valence-corrected chi connectivity index (χ3v) is 2.20. The molecule has 0 amide bonds. The van der Waals surface area contributed by atoms with Gasteiger partial charge in [0.1, 0.15) is 0 Å². The first-order chi connectivity index (χ1) is 6.35. The van der Waals surface area contributed by atoms with Crippen molar-refractivity contribution in [2.75, 3.05) is 6.61 Å². The van der Waals surface area contributed by atoms with Crippen molar-refractivity contribution in [2.45, 2.75) is 65.4 Å². The molecule has 0 aromatic carbocycles. The molecule has 0 saturated heterocycles. The Labute approximate surface area is 82.5 Å². The molecule has 0 rings (SSSR count). The van der Waals surface area contributed by atoms with Gasteiger partial charge in [-0.05, 0) is 19.3 Å². The molecule has 0 aromatic rings. The second kappa shape index (κ2) is 10.0. The maximum Gasteiger partial charge on any atom is 0.0924 e. The highest BCUT2D eigenvalue weighted by molar-refractivity contribution is 4.46. The van der Waals surface area contributed by atoms with Crippen LogP contribution in [0.5, 0.6) is 0 Å². The van der Waals surface area contributed by atoms with Gasteiger partial charge in [-0.2, -0.15) is 0 Å². The van der Waals surface area contributed by atoms with Gasteiger partial charge >= 0.3 is 0 Å². The Morgan fingerprint density at radius 2 is 1.62 bits per heavy atom. The molecule has 0 fully saturated rings. The molecule has 0 spiro atoms. The number of hydrogen-bond acceptors (Lipinski definition) is 2. The molecule has 0 aromatic heterocycles. The molecular formula is C11H24O2. The van der Waals surface area contributed by atoms with E-state index in [0.717, 1.165) is 25.9 Å². The molecule has 80 valence electrons. The molecule has 0 aliphatic rings. The average molecular weight is 188 g/mol. The molecule has 0 aliphatic heterocycles. The summed E-state index contributed by atoms with van der Waals surface area (Å²) in [5.74, 6) is 0. The Morgan fingerprint density at radius 3 is 2.15 bits per heavy atom. The number of hydrogen-bond donors (Lipinski definition) is 0. The first-order valence-corrected chi connectivity index (χ1v) is 5.63. The topological polar surface area (TPSA) is 18.5 Å². The van der Waals surface area contributed by atoms with Gasteiger partial charge in [0, 0.05) is 0 Å². The molecule has 0 aliphatic carbocycles. The Hall–Kier alpha value is -0.0800. The Kier molecular flexibility index (Phi) is 9.94. The van der Waals surface area contributed by atoms with Crippen molar-refractivity contribution in [3.05, 3.63) is 0 Å². The Bertz CT molecular complexity index is 90.1. The smallest absolute Gasteiger partial charge is 0.0924 e. The molecule has 0 heterocycles. The van der Waals surface area contributed by atoms with Gasteiger partial charge < -0.3 is 0 Å². The quantitative estimate of drug-likeness (QED) is 0.312. The normalized spacial score (nSPS) is 11.1. The summed E-state index contributed by atoms with van der Waals surface area (Å²) in [4.78, 5) is 10.3. The van der Waals surface area contributed by atoms with Gasteiger partial charge in [-0.25, -0.2) is 9.78 Å². The largest absolute Gasteiger partial charge is 0.236 e. The second-order valence-corrected chi connectivity index (χ2v) is 3.42. The summed E-state index contributed by atoms with van der Waals surface area (Å²) in [5.41, 5.74) is 0. The van der Waals surface area contributed by atoms with Gasteiger partial charge in [0.2, 0.25) is 0 Å². The molecule has 0 N–H and O–H groups in total. The summed E-state index contributed by atoms with van der Waals surface area (Å²) in [6.07, 6.45) is 7.29. The summed E-state index contributed by atoms with van der Waals surface area (Å²) in [6.45, 7) is 7.20. The summed E-state index contributed by atoms with van der Waals surface area (Å²) in [5, 5.41) is 0.